The van der Waals surface area contributed by atoms with Crippen LogP contribution in [-0.4, -0.2) is 5.84 Å². The second-order valence-corrected chi connectivity index (χ2v) is 4.01. The van der Waals surface area contributed by atoms with Gasteiger partial charge < -0.3 is 11.6 Å². The number of hydrogen-bond acceptors (Lipinski definition) is 2. The van der Waals surface area contributed by atoms with Gasteiger partial charge in [-0.2, -0.15) is 5.10 Å². The predicted molar refractivity (Wildman–Crippen MR) is 44.8 cm³/mol. The lowest BCUT2D eigenvalue weighted by molar-refractivity contribution is 0.00314. The summed E-state index contributed by atoms with van der Waals surface area (Å²) in [6.45, 7) is 0. The number of hydrogen-bond donors (Lipinski definition) is 2. The van der Waals surface area contributed by atoms with Crippen LogP contribution >= 0.6 is 0 Å². The third-order valence-corrected chi connectivity index (χ3v) is 3.34. The number of nitrogens with zero attached hydrogens (tertiary/aromatic N) is 1. The minimum atomic E-state index is 0.500. The van der Waals surface area contributed by atoms with E-state index in [-0.39, 0.29) is 0 Å². The minimum Gasteiger partial charge on any atom is -0.386 e. The van der Waals surface area contributed by atoms with Crippen molar-refractivity contribution in [1.82, 2.24) is 0 Å². The van der Waals surface area contributed by atoms with Gasteiger partial charge in [-0.3, -0.25) is 0 Å². The molecule has 0 heterocycles. The maximum Gasteiger partial charge on any atom is 0.122 e. The SMILES string of the molecule is N/N=C(\N)C1CC2(CCC2)C1. The summed E-state index contributed by atoms with van der Waals surface area (Å²) in [6.07, 6.45) is 6.69. The number of amidine groups is 1. The van der Waals surface area contributed by atoms with Crippen LogP contribution in [0.1, 0.15) is 32.1 Å². The first-order valence-electron chi connectivity index (χ1n) is 4.29. The van der Waals surface area contributed by atoms with Crippen LogP contribution in [0.15, 0.2) is 5.10 Å². The highest BCUT2D eigenvalue weighted by Crippen LogP contribution is 2.58. The van der Waals surface area contributed by atoms with Crippen LogP contribution in [-0.2, 0) is 0 Å². The van der Waals surface area contributed by atoms with Crippen molar-refractivity contribution in [1.29, 1.82) is 0 Å². The summed E-state index contributed by atoms with van der Waals surface area (Å²) in [6, 6.07) is 0. The van der Waals surface area contributed by atoms with Gasteiger partial charge in [-0.15, -0.1) is 0 Å². The maximum atomic E-state index is 5.60. The van der Waals surface area contributed by atoms with Gasteiger partial charge in [0.2, 0.25) is 0 Å². The lowest BCUT2D eigenvalue weighted by Crippen LogP contribution is -2.47. The fourth-order valence-corrected chi connectivity index (χ4v) is 2.39. The summed E-state index contributed by atoms with van der Waals surface area (Å²) < 4.78 is 0. The Hall–Kier alpha value is -0.730. The number of hydrazone groups is 1. The average molecular weight is 153 g/mol. The molecule has 2 aliphatic carbocycles. The zero-order valence-corrected chi connectivity index (χ0v) is 6.71. The van der Waals surface area contributed by atoms with Crippen molar-refractivity contribution >= 4 is 5.84 Å². The van der Waals surface area contributed by atoms with Crippen molar-refractivity contribution < 1.29 is 0 Å². The normalized spacial score (nSPS) is 29.6. The highest BCUT2D eigenvalue weighted by molar-refractivity contribution is 5.83. The standard InChI is InChI=1S/C8H15N3/c9-7(11-10)6-4-8(5-6)2-1-3-8/h6H,1-5,10H2,(H2,9,11). The summed E-state index contributed by atoms with van der Waals surface area (Å²) in [5, 5.41) is 3.53. The fourth-order valence-electron chi connectivity index (χ4n) is 2.39. The van der Waals surface area contributed by atoms with E-state index in [1.807, 2.05) is 0 Å². The van der Waals surface area contributed by atoms with Crippen LogP contribution in [0.25, 0.3) is 0 Å². The van der Waals surface area contributed by atoms with Crippen molar-refractivity contribution in [2.75, 3.05) is 0 Å². The molecule has 0 unspecified atom stereocenters. The van der Waals surface area contributed by atoms with Crippen molar-refractivity contribution in [3.63, 3.8) is 0 Å². The lowest BCUT2D eigenvalue weighted by Gasteiger charge is -2.53. The molecule has 0 saturated heterocycles. The molecule has 11 heavy (non-hydrogen) atoms. The highest BCUT2D eigenvalue weighted by Gasteiger charge is 2.49. The molecular formula is C8H15N3. The lowest BCUT2D eigenvalue weighted by atomic mass is 9.51. The monoisotopic (exact) mass is 153 g/mol. The van der Waals surface area contributed by atoms with Gasteiger partial charge in [-0.1, -0.05) is 6.42 Å². The van der Waals surface area contributed by atoms with E-state index in [1.165, 1.54) is 32.1 Å². The van der Waals surface area contributed by atoms with E-state index in [4.69, 9.17) is 11.6 Å². The molecule has 0 bridgehead atoms. The molecule has 0 aliphatic heterocycles. The van der Waals surface area contributed by atoms with Crippen molar-refractivity contribution in [2.45, 2.75) is 32.1 Å². The molecule has 62 valence electrons. The highest BCUT2D eigenvalue weighted by atomic mass is 15.2. The Balaban J connectivity index is 1.87. The summed E-state index contributed by atoms with van der Waals surface area (Å²) in [4.78, 5) is 0. The molecule has 1 spiro atoms. The topological polar surface area (TPSA) is 64.4 Å². The van der Waals surface area contributed by atoms with E-state index in [2.05, 4.69) is 5.10 Å². The fraction of sp³-hybridized carbons (Fsp3) is 0.875. The van der Waals surface area contributed by atoms with E-state index < -0.39 is 0 Å². The first-order chi connectivity index (χ1) is 5.26. The van der Waals surface area contributed by atoms with Crippen molar-refractivity contribution in [2.24, 2.45) is 28.0 Å². The Morgan fingerprint density at radius 2 is 2.00 bits per heavy atom. The smallest absolute Gasteiger partial charge is 0.122 e. The van der Waals surface area contributed by atoms with Gasteiger partial charge in [0.15, 0.2) is 0 Å². The van der Waals surface area contributed by atoms with E-state index >= 15 is 0 Å². The summed E-state index contributed by atoms with van der Waals surface area (Å²) >= 11 is 0. The van der Waals surface area contributed by atoms with Crippen LogP contribution in [0.5, 0.6) is 0 Å². The van der Waals surface area contributed by atoms with Crippen LogP contribution in [0, 0.1) is 11.3 Å². The molecule has 0 radical (unpaired) electrons. The first kappa shape index (κ1) is 6.95. The molecule has 0 aromatic carbocycles. The molecule has 2 saturated carbocycles. The molecule has 0 aromatic heterocycles. The van der Waals surface area contributed by atoms with Gasteiger partial charge in [0.25, 0.3) is 0 Å². The zero-order chi connectivity index (χ0) is 7.90. The van der Waals surface area contributed by atoms with Crippen LogP contribution in [0.2, 0.25) is 0 Å². The second kappa shape index (κ2) is 2.13. The largest absolute Gasteiger partial charge is 0.386 e. The second-order valence-electron chi connectivity index (χ2n) is 4.01. The van der Waals surface area contributed by atoms with Crippen LogP contribution < -0.4 is 11.6 Å². The predicted octanol–water partition coefficient (Wildman–Crippen LogP) is 0.798. The van der Waals surface area contributed by atoms with Crippen molar-refractivity contribution in [3.05, 3.63) is 0 Å². The molecular weight excluding hydrogens is 138 g/mol. The van der Waals surface area contributed by atoms with E-state index in [0.717, 1.165) is 0 Å². The number of nitrogens with two attached hydrogens (primary N) is 2. The molecule has 3 heteroatoms. The van der Waals surface area contributed by atoms with Gasteiger partial charge in [0.05, 0.1) is 0 Å². The molecule has 4 N–H and O–H groups in total. The van der Waals surface area contributed by atoms with E-state index in [1.54, 1.807) is 0 Å². The Kier molecular flexibility index (Phi) is 1.34. The minimum absolute atomic E-state index is 0.500. The molecule has 2 aliphatic rings. The third kappa shape index (κ3) is 0.905. The Bertz CT molecular complexity index is 186. The molecule has 3 nitrogen and oxygen atoms in total. The quantitative estimate of drug-likeness (QED) is 0.253. The Morgan fingerprint density at radius 1 is 1.36 bits per heavy atom. The van der Waals surface area contributed by atoms with Gasteiger partial charge in [0.1, 0.15) is 5.84 Å². The molecule has 2 fully saturated rings. The van der Waals surface area contributed by atoms with Crippen LogP contribution in [0.4, 0.5) is 0 Å². The first-order valence-corrected chi connectivity index (χ1v) is 4.29. The number of rotatable bonds is 1. The Labute approximate surface area is 66.8 Å². The summed E-state index contributed by atoms with van der Waals surface area (Å²) in [5.41, 5.74) is 6.28. The maximum absolute atomic E-state index is 5.60. The van der Waals surface area contributed by atoms with Gasteiger partial charge in [-0.05, 0) is 31.1 Å². The van der Waals surface area contributed by atoms with Gasteiger partial charge >= 0.3 is 0 Å². The van der Waals surface area contributed by atoms with Crippen molar-refractivity contribution in [3.8, 4) is 0 Å². The van der Waals surface area contributed by atoms with Gasteiger partial charge in [0, 0.05) is 5.92 Å². The average Bonchev–Trinajstić information content (AvgIpc) is 1.81. The zero-order valence-electron chi connectivity index (χ0n) is 6.71. The molecule has 0 atom stereocenters. The van der Waals surface area contributed by atoms with E-state index in [9.17, 15) is 0 Å². The summed E-state index contributed by atoms with van der Waals surface area (Å²) in [5.74, 6) is 6.25. The van der Waals surface area contributed by atoms with Crippen LogP contribution in [0.3, 0.4) is 0 Å². The van der Waals surface area contributed by atoms with Gasteiger partial charge in [-0.25, -0.2) is 0 Å². The van der Waals surface area contributed by atoms with E-state index in [0.29, 0.717) is 17.2 Å². The Morgan fingerprint density at radius 3 is 2.36 bits per heavy atom. The molecule has 0 aromatic rings. The third-order valence-electron chi connectivity index (χ3n) is 3.34. The molecule has 2 rings (SSSR count). The summed E-state index contributed by atoms with van der Waals surface area (Å²) in [7, 11) is 0. The molecule has 0 amide bonds.